The highest BCUT2D eigenvalue weighted by molar-refractivity contribution is 6.30. The van der Waals surface area contributed by atoms with Gasteiger partial charge in [-0.15, -0.1) is 0 Å². The number of halogens is 1. The van der Waals surface area contributed by atoms with Crippen LogP contribution in [0.3, 0.4) is 0 Å². The standard InChI is InChI=1S/C17H22ClNO2/c1-12-10-19(11-16(12,2)21)15(20)17(8-3-9-17)13-4-6-14(18)7-5-13/h4-7,12,21H,3,8-11H2,1-2H3/t12-,16+/m0/s1. The first-order valence-corrected chi connectivity index (χ1v) is 8.01. The molecule has 3 nitrogen and oxygen atoms in total. The predicted octanol–water partition coefficient (Wildman–Crippen LogP) is 2.99. The van der Waals surface area contributed by atoms with Gasteiger partial charge < -0.3 is 10.0 Å². The maximum atomic E-state index is 13.1. The summed E-state index contributed by atoms with van der Waals surface area (Å²) >= 11 is 5.96. The minimum Gasteiger partial charge on any atom is -0.388 e. The van der Waals surface area contributed by atoms with E-state index in [0.717, 1.165) is 24.8 Å². The van der Waals surface area contributed by atoms with Crippen LogP contribution in [-0.4, -0.2) is 34.6 Å². The molecule has 4 heteroatoms. The smallest absolute Gasteiger partial charge is 0.233 e. The molecule has 0 spiro atoms. The molecule has 114 valence electrons. The van der Waals surface area contributed by atoms with Crippen LogP contribution in [0, 0.1) is 5.92 Å². The average Bonchev–Trinajstić information content (AvgIpc) is 2.65. The van der Waals surface area contributed by atoms with Gasteiger partial charge in [0.05, 0.1) is 11.0 Å². The van der Waals surface area contributed by atoms with Crippen LogP contribution in [0.25, 0.3) is 0 Å². The SMILES string of the molecule is C[C@H]1CN(C(=O)C2(c3ccc(Cl)cc3)CCC2)C[C@@]1(C)O. The summed E-state index contributed by atoms with van der Waals surface area (Å²) in [5.41, 5.74) is -0.118. The van der Waals surface area contributed by atoms with Crippen molar-refractivity contribution in [1.82, 2.24) is 4.90 Å². The van der Waals surface area contributed by atoms with E-state index in [1.165, 1.54) is 0 Å². The van der Waals surface area contributed by atoms with E-state index < -0.39 is 11.0 Å². The van der Waals surface area contributed by atoms with E-state index in [4.69, 9.17) is 11.6 Å². The quantitative estimate of drug-likeness (QED) is 0.912. The molecule has 1 aromatic rings. The third-order valence-corrected chi connectivity index (χ3v) is 5.62. The van der Waals surface area contributed by atoms with Gasteiger partial charge in [0.1, 0.15) is 0 Å². The molecular formula is C17H22ClNO2. The van der Waals surface area contributed by atoms with Gasteiger partial charge in [0.25, 0.3) is 0 Å². The van der Waals surface area contributed by atoms with Gasteiger partial charge in [-0.3, -0.25) is 4.79 Å². The molecule has 1 heterocycles. The summed E-state index contributed by atoms with van der Waals surface area (Å²) < 4.78 is 0. The van der Waals surface area contributed by atoms with Crippen LogP contribution in [0.15, 0.2) is 24.3 Å². The molecule has 1 aromatic carbocycles. The number of hydrogen-bond donors (Lipinski definition) is 1. The Kier molecular flexibility index (Phi) is 3.53. The van der Waals surface area contributed by atoms with Gasteiger partial charge in [0.15, 0.2) is 0 Å². The van der Waals surface area contributed by atoms with Crippen molar-refractivity contribution in [3.05, 3.63) is 34.9 Å². The second kappa shape index (κ2) is 4.99. The van der Waals surface area contributed by atoms with E-state index in [0.29, 0.717) is 18.1 Å². The Morgan fingerprint density at radius 3 is 2.38 bits per heavy atom. The Hall–Kier alpha value is -1.06. The number of carbonyl (C=O) groups excluding carboxylic acids is 1. The zero-order chi connectivity index (χ0) is 15.3. The van der Waals surface area contributed by atoms with Crippen LogP contribution in [0.4, 0.5) is 0 Å². The summed E-state index contributed by atoms with van der Waals surface area (Å²) in [7, 11) is 0. The van der Waals surface area contributed by atoms with Crippen molar-refractivity contribution in [3.63, 3.8) is 0 Å². The van der Waals surface area contributed by atoms with E-state index in [-0.39, 0.29) is 11.8 Å². The van der Waals surface area contributed by atoms with Crippen molar-refractivity contribution >= 4 is 17.5 Å². The number of nitrogens with zero attached hydrogens (tertiary/aromatic N) is 1. The number of rotatable bonds is 2. The normalized spacial score (nSPS) is 31.0. The number of amides is 1. The topological polar surface area (TPSA) is 40.5 Å². The third kappa shape index (κ3) is 2.36. The third-order valence-electron chi connectivity index (χ3n) is 5.37. The Labute approximate surface area is 130 Å². The Morgan fingerprint density at radius 2 is 1.95 bits per heavy atom. The number of likely N-dealkylation sites (tertiary alicyclic amines) is 1. The fourth-order valence-corrected chi connectivity index (χ4v) is 3.64. The number of benzene rings is 1. The lowest BCUT2D eigenvalue weighted by molar-refractivity contribution is -0.140. The molecule has 0 radical (unpaired) electrons. The van der Waals surface area contributed by atoms with Gasteiger partial charge in [-0.25, -0.2) is 0 Å². The largest absolute Gasteiger partial charge is 0.388 e. The maximum Gasteiger partial charge on any atom is 0.233 e. The molecule has 1 aliphatic carbocycles. The van der Waals surface area contributed by atoms with Gasteiger partial charge in [-0.1, -0.05) is 37.1 Å². The zero-order valence-electron chi connectivity index (χ0n) is 12.6. The molecule has 1 amide bonds. The van der Waals surface area contributed by atoms with E-state index in [2.05, 4.69) is 0 Å². The van der Waals surface area contributed by atoms with E-state index in [1.807, 2.05) is 43.0 Å². The number of aliphatic hydroxyl groups is 1. The first-order chi connectivity index (χ1) is 9.85. The van der Waals surface area contributed by atoms with Gasteiger partial charge in [0.2, 0.25) is 5.91 Å². The Bertz CT molecular complexity index is 548. The van der Waals surface area contributed by atoms with Crippen LogP contribution < -0.4 is 0 Å². The molecule has 1 saturated heterocycles. The lowest BCUT2D eigenvalue weighted by Crippen LogP contribution is -2.51. The maximum absolute atomic E-state index is 13.1. The van der Waals surface area contributed by atoms with Crippen molar-refractivity contribution in [2.24, 2.45) is 5.92 Å². The Balaban J connectivity index is 1.87. The number of β-amino-alcohol motifs (C(OH)–C–C–N with tert-alkyl or cyclic N) is 1. The Morgan fingerprint density at radius 1 is 1.33 bits per heavy atom. The van der Waals surface area contributed by atoms with E-state index >= 15 is 0 Å². The summed E-state index contributed by atoms with van der Waals surface area (Å²) in [5, 5.41) is 11.0. The molecule has 0 bridgehead atoms. The molecule has 21 heavy (non-hydrogen) atoms. The molecule has 2 atom stereocenters. The van der Waals surface area contributed by atoms with Crippen molar-refractivity contribution in [2.75, 3.05) is 13.1 Å². The van der Waals surface area contributed by atoms with Crippen LogP contribution in [-0.2, 0) is 10.2 Å². The van der Waals surface area contributed by atoms with Crippen LogP contribution in [0.5, 0.6) is 0 Å². The fraction of sp³-hybridized carbons (Fsp3) is 0.588. The summed E-state index contributed by atoms with van der Waals surface area (Å²) in [5.74, 6) is 0.282. The number of carbonyl (C=O) groups is 1. The molecule has 2 aliphatic rings. The van der Waals surface area contributed by atoms with Gasteiger partial charge in [-0.05, 0) is 37.5 Å². The van der Waals surface area contributed by atoms with Crippen LogP contribution >= 0.6 is 11.6 Å². The lowest BCUT2D eigenvalue weighted by Gasteiger charge is -2.43. The zero-order valence-corrected chi connectivity index (χ0v) is 13.4. The highest BCUT2D eigenvalue weighted by Gasteiger charge is 2.51. The van der Waals surface area contributed by atoms with Gasteiger partial charge in [0, 0.05) is 24.0 Å². The predicted molar refractivity (Wildman–Crippen MR) is 83.3 cm³/mol. The summed E-state index contributed by atoms with van der Waals surface area (Å²) in [4.78, 5) is 14.9. The highest BCUT2D eigenvalue weighted by atomic mass is 35.5. The molecule has 3 rings (SSSR count). The average molecular weight is 308 g/mol. The number of hydrogen-bond acceptors (Lipinski definition) is 2. The highest BCUT2D eigenvalue weighted by Crippen LogP contribution is 2.46. The van der Waals surface area contributed by atoms with Crippen LogP contribution in [0.1, 0.15) is 38.7 Å². The minimum absolute atomic E-state index is 0.115. The monoisotopic (exact) mass is 307 g/mol. The van der Waals surface area contributed by atoms with Crippen molar-refractivity contribution in [3.8, 4) is 0 Å². The second-order valence-corrected chi connectivity index (χ2v) is 7.32. The summed E-state index contributed by atoms with van der Waals surface area (Å²) in [6, 6.07) is 7.65. The molecule has 1 aliphatic heterocycles. The van der Waals surface area contributed by atoms with E-state index in [1.54, 1.807) is 0 Å². The molecule has 0 unspecified atom stereocenters. The first-order valence-electron chi connectivity index (χ1n) is 7.63. The first kappa shape index (κ1) is 14.9. The molecular weight excluding hydrogens is 286 g/mol. The minimum atomic E-state index is -0.777. The molecule has 1 N–H and O–H groups in total. The van der Waals surface area contributed by atoms with Crippen LogP contribution in [0.2, 0.25) is 5.02 Å². The second-order valence-electron chi connectivity index (χ2n) is 6.89. The fourth-order valence-electron chi connectivity index (χ4n) is 3.52. The molecule has 1 saturated carbocycles. The van der Waals surface area contributed by atoms with Gasteiger partial charge in [-0.2, -0.15) is 0 Å². The summed E-state index contributed by atoms with van der Waals surface area (Å²) in [6.45, 7) is 4.90. The summed E-state index contributed by atoms with van der Waals surface area (Å²) in [6.07, 6.45) is 2.86. The lowest BCUT2D eigenvalue weighted by atomic mass is 9.63. The molecule has 0 aromatic heterocycles. The van der Waals surface area contributed by atoms with E-state index in [9.17, 15) is 9.90 Å². The van der Waals surface area contributed by atoms with Gasteiger partial charge >= 0.3 is 0 Å². The molecule has 2 fully saturated rings. The van der Waals surface area contributed by atoms with Crippen molar-refractivity contribution in [2.45, 2.75) is 44.1 Å². The van der Waals surface area contributed by atoms with Crippen molar-refractivity contribution < 1.29 is 9.90 Å². The van der Waals surface area contributed by atoms with Crippen molar-refractivity contribution in [1.29, 1.82) is 0 Å².